The normalized spacial score (nSPS) is 9.83. The van der Waals surface area contributed by atoms with E-state index in [4.69, 9.17) is 5.11 Å². The SMILES string of the molecule is CCc1ccc(O)c(NCO)c1. The maximum Gasteiger partial charge on any atom is 0.138 e. The first-order valence-corrected chi connectivity index (χ1v) is 3.94. The van der Waals surface area contributed by atoms with Crippen molar-refractivity contribution in [1.82, 2.24) is 0 Å². The molecule has 0 unspecified atom stereocenters. The Hall–Kier alpha value is -1.22. The van der Waals surface area contributed by atoms with Crippen molar-refractivity contribution in [3.05, 3.63) is 23.8 Å². The minimum Gasteiger partial charge on any atom is -0.506 e. The average Bonchev–Trinajstić information content (AvgIpc) is 2.09. The van der Waals surface area contributed by atoms with E-state index in [0.29, 0.717) is 5.69 Å². The zero-order valence-corrected chi connectivity index (χ0v) is 7.04. The fourth-order valence-corrected chi connectivity index (χ4v) is 1.03. The third-order valence-corrected chi connectivity index (χ3v) is 1.74. The molecule has 12 heavy (non-hydrogen) atoms. The first-order chi connectivity index (χ1) is 5.77. The molecule has 3 heteroatoms. The average molecular weight is 167 g/mol. The molecule has 3 N–H and O–H groups in total. The number of benzene rings is 1. The van der Waals surface area contributed by atoms with Gasteiger partial charge in [-0.15, -0.1) is 0 Å². The van der Waals surface area contributed by atoms with E-state index in [2.05, 4.69) is 5.32 Å². The first kappa shape index (κ1) is 8.87. The van der Waals surface area contributed by atoms with Crippen molar-refractivity contribution in [3.63, 3.8) is 0 Å². The van der Waals surface area contributed by atoms with E-state index in [0.717, 1.165) is 12.0 Å². The summed E-state index contributed by atoms with van der Waals surface area (Å²) in [5, 5.41) is 20.5. The number of aliphatic hydroxyl groups excluding tert-OH is 1. The van der Waals surface area contributed by atoms with E-state index >= 15 is 0 Å². The van der Waals surface area contributed by atoms with Gasteiger partial charge in [0.1, 0.15) is 12.5 Å². The van der Waals surface area contributed by atoms with Crippen LogP contribution in [0.15, 0.2) is 18.2 Å². The molecule has 0 saturated carbocycles. The number of aliphatic hydroxyl groups is 1. The highest BCUT2D eigenvalue weighted by Gasteiger charge is 1.99. The highest BCUT2D eigenvalue weighted by atomic mass is 16.3. The van der Waals surface area contributed by atoms with Gasteiger partial charge in [0, 0.05) is 0 Å². The van der Waals surface area contributed by atoms with E-state index in [1.54, 1.807) is 6.07 Å². The lowest BCUT2D eigenvalue weighted by atomic mass is 10.1. The van der Waals surface area contributed by atoms with Gasteiger partial charge in [-0.05, 0) is 24.1 Å². The number of aromatic hydroxyl groups is 1. The van der Waals surface area contributed by atoms with Gasteiger partial charge >= 0.3 is 0 Å². The highest BCUT2D eigenvalue weighted by Crippen LogP contribution is 2.23. The molecule has 0 radical (unpaired) electrons. The summed E-state index contributed by atoms with van der Waals surface area (Å²) in [5.41, 5.74) is 1.71. The van der Waals surface area contributed by atoms with Crippen LogP contribution in [-0.4, -0.2) is 16.9 Å². The lowest BCUT2D eigenvalue weighted by molar-refractivity contribution is 0.324. The van der Waals surface area contributed by atoms with Crippen molar-refractivity contribution < 1.29 is 10.2 Å². The fourth-order valence-electron chi connectivity index (χ4n) is 1.03. The summed E-state index contributed by atoms with van der Waals surface area (Å²) in [5.74, 6) is 0.168. The van der Waals surface area contributed by atoms with Crippen molar-refractivity contribution >= 4 is 5.69 Å². The molecular formula is C9H13NO2. The summed E-state index contributed by atoms with van der Waals surface area (Å²) in [6.45, 7) is 1.87. The number of phenolic OH excluding ortho intramolecular Hbond substituents is 1. The van der Waals surface area contributed by atoms with E-state index in [1.807, 2.05) is 19.1 Å². The molecule has 0 aliphatic heterocycles. The number of phenols is 1. The van der Waals surface area contributed by atoms with Crippen LogP contribution in [-0.2, 0) is 6.42 Å². The molecule has 0 aromatic heterocycles. The molecule has 1 aromatic rings. The van der Waals surface area contributed by atoms with Crippen molar-refractivity contribution in [2.75, 3.05) is 12.0 Å². The van der Waals surface area contributed by atoms with Gasteiger partial charge in [0.2, 0.25) is 0 Å². The van der Waals surface area contributed by atoms with Gasteiger partial charge in [-0.2, -0.15) is 0 Å². The van der Waals surface area contributed by atoms with Crippen LogP contribution in [0.3, 0.4) is 0 Å². The Morgan fingerprint density at radius 1 is 1.42 bits per heavy atom. The lowest BCUT2D eigenvalue weighted by Crippen LogP contribution is -1.99. The van der Waals surface area contributed by atoms with E-state index < -0.39 is 0 Å². The van der Waals surface area contributed by atoms with Gasteiger partial charge in [0.25, 0.3) is 0 Å². The Labute approximate surface area is 71.7 Å². The molecule has 0 bridgehead atoms. The quantitative estimate of drug-likeness (QED) is 0.470. The Morgan fingerprint density at radius 2 is 2.17 bits per heavy atom. The summed E-state index contributed by atoms with van der Waals surface area (Å²) in [6.07, 6.45) is 0.917. The molecule has 0 heterocycles. The molecule has 66 valence electrons. The highest BCUT2D eigenvalue weighted by molar-refractivity contribution is 5.57. The number of nitrogens with one attached hydrogen (secondary N) is 1. The fraction of sp³-hybridized carbons (Fsp3) is 0.333. The molecule has 0 aliphatic rings. The molecule has 0 fully saturated rings. The van der Waals surface area contributed by atoms with Gasteiger partial charge in [-0.25, -0.2) is 0 Å². The molecule has 3 nitrogen and oxygen atoms in total. The van der Waals surface area contributed by atoms with E-state index in [1.165, 1.54) is 0 Å². The second kappa shape index (κ2) is 3.97. The van der Waals surface area contributed by atoms with Crippen LogP contribution in [0.25, 0.3) is 0 Å². The van der Waals surface area contributed by atoms with Gasteiger partial charge in [0.05, 0.1) is 5.69 Å². The second-order valence-electron chi connectivity index (χ2n) is 2.54. The zero-order valence-electron chi connectivity index (χ0n) is 7.04. The van der Waals surface area contributed by atoms with Crippen LogP contribution >= 0.6 is 0 Å². The topological polar surface area (TPSA) is 52.5 Å². The molecule has 1 rings (SSSR count). The smallest absolute Gasteiger partial charge is 0.138 e. The van der Waals surface area contributed by atoms with Crippen LogP contribution in [0, 0.1) is 0 Å². The maximum absolute atomic E-state index is 9.29. The third-order valence-electron chi connectivity index (χ3n) is 1.74. The summed E-state index contributed by atoms with van der Waals surface area (Å²) >= 11 is 0. The van der Waals surface area contributed by atoms with Crippen molar-refractivity contribution in [2.24, 2.45) is 0 Å². The summed E-state index contributed by atoms with van der Waals surface area (Å²) < 4.78 is 0. The molecular weight excluding hydrogens is 154 g/mol. The molecule has 0 saturated heterocycles. The number of anilines is 1. The maximum atomic E-state index is 9.29. The number of hydrogen-bond donors (Lipinski definition) is 3. The van der Waals surface area contributed by atoms with Crippen LogP contribution in [0.4, 0.5) is 5.69 Å². The predicted octanol–water partition coefficient (Wildman–Crippen LogP) is 1.32. The number of hydrogen-bond acceptors (Lipinski definition) is 3. The number of aryl methyl sites for hydroxylation is 1. The zero-order chi connectivity index (χ0) is 8.97. The molecule has 0 spiro atoms. The van der Waals surface area contributed by atoms with Crippen molar-refractivity contribution in [3.8, 4) is 5.75 Å². The Bertz CT molecular complexity index is 261. The second-order valence-corrected chi connectivity index (χ2v) is 2.54. The summed E-state index contributed by atoms with van der Waals surface area (Å²) in [6, 6.07) is 5.31. The van der Waals surface area contributed by atoms with Gasteiger partial charge < -0.3 is 15.5 Å². The van der Waals surface area contributed by atoms with Gasteiger partial charge in [-0.1, -0.05) is 13.0 Å². The first-order valence-electron chi connectivity index (χ1n) is 3.94. The third kappa shape index (κ3) is 1.89. The van der Waals surface area contributed by atoms with Gasteiger partial charge in [0.15, 0.2) is 0 Å². The standard InChI is InChI=1S/C9H13NO2/c1-2-7-3-4-9(12)8(5-7)10-6-11/h3-5,10-12H,2,6H2,1H3. The van der Waals surface area contributed by atoms with Crippen LogP contribution < -0.4 is 5.32 Å². The van der Waals surface area contributed by atoms with Crippen molar-refractivity contribution in [1.29, 1.82) is 0 Å². The molecule has 0 aliphatic carbocycles. The minimum atomic E-state index is -0.166. The Morgan fingerprint density at radius 3 is 2.75 bits per heavy atom. The minimum absolute atomic E-state index is 0.166. The van der Waals surface area contributed by atoms with Crippen LogP contribution in [0.1, 0.15) is 12.5 Å². The monoisotopic (exact) mass is 167 g/mol. The van der Waals surface area contributed by atoms with Crippen LogP contribution in [0.5, 0.6) is 5.75 Å². The van der Waals surface area contributed by atoms with Gasteiger partial charge in [-0.3, -0.25) is 0 Å². The molecule has 0 amide bonds. The molecule has 1 aromatic carbocycles. The van der Waals surface area contributed by atoms with E-state index in [9.17, 15) is 5.11 Å². The lowest BCUT2D eigenvalue weighted by Gasteiger charge is -2.06. The van der Waals surface area contributed by atoms with Crippen LogP contribution in [0.2, 0.25) is 0 Å². The Kier molecular flexibility index (Phi) is 2.94. The summed E-state index contributed by atoms with van der Waals surface area (Å²) in [4.78, 5) is 0. The molecule has 0 atom stereocenters. The largest absolute Gasteiger partial charge is 0.506 e. The Balaban J connectivity index is 2.91. The van der Waals surface area contributed by atoms with E-state index in [-0.39, 0.29) is 12.5 Å². The summed E-state index contributed by atoms with van der Waals surface area (Å²) in [7, 11) is 0. The van der Waals surface area contributed by atoms with Crippen molar-refractivity contribution in [2.45, 2.75) is 13.3 Å². The predicted molar refractivity (Wildman–Crippen MR) is 48.2 cm³/mol. The number of rotatable bonds is 3.